The third-order valence-corrected chi connectivity index (χ3v) is 2.39. The van der Waals surface area contributed by atoms with Crippen molar-refractivity contribution in [3.63, 3.8) is 0 Å². The van der Waals surface area contributed by atoms with Gasteiger partial charge in [-0.3, -0.25) is 4.98 Å². The molecule has 0 saturated heterocycles. The summed E-state index contributed by atoms with van der Waals surface area (Å²) in [4.78, 5) is 8.35. The van der Waals surface area contributed by atoms with Crippen molar-refractivity contribution in [3.05, 3.63) is 55.2 Å². The van der Waals surface area contributed by atoms with Crippen molar-refractivity contribution in [3.8, 4) is 11.1 Å². The van der Waals surface area contributed by atoms with Crippen LogP contribution >= 0.6 is 0 Å². The summed E-state index contributed by atoms with van der Waals surface area (Å²) in [7, 11) is 0. The Morgan fingerprint density at radius 3 is 2.87 bits per heavy atom. The minimum Gasteiger partial charge on any atom is -0.307 e. The van der Waals surface area contributed by atoms with Crippen LogP contribution in [0.1, 0.15) is 0 Å². The van der Waals surface area contributed by atoms with Crippen LogP contribution in [0.3, 0.4) is 0 Å². The molecule has 0 bridgehead atoms. The van der Waals surface area contributed by atoms with E-state index in [1.807, 2.05) is 35.1 Å². The van der Waals surface area contributed by atoms with E-state index >= 15 is 0 Å². The molecule has 0 unspecified atom stereocenters. The van der Waals surface area contributed by atoms with E-state index in [1.165, 1.54) is 0 Å². The number of nitrogens with zero attached hydrogens (tertiary/aromatic N) is 3. The van der Waals surface area contributed by atoms with Crippen LogP contribution in [0, 0.1) is 0 Å². The van der Waals surface area contributed by atoms with Gasteiger partial charge in [0.25, 0.3) is 0 Å². The molecule has 0 saturated carbocycles. The van der Waals surface area contributed by atoms with Crippen LogP contribution < -0.4 is 0 Å². The van der Waals surface area contributed by atoms with Gasteiger partial charge in [-0.05, 0) is 23.8 Å². The van der Waals surface area contributed by atoms with Gasteiger partial charge in [-0.15, -0.1) is 0 Å². The van der Waals surface area contributed by atoms with E-state index in [0.717, 1.165) is 16.8 Å². The monoisotopic (exact) mass is 195 g/mol. The third kappa shape index (κ3) is 1.38. The van der Waals surface area contributed by atoms with Crippen LogP contribution in [0.15, 0.2) is 55.2 Å². The molecule has 0 aliphatic carbocycles. The summed E-state index contributed by atoms with van der Waals surface area (Å²) in [5, 5.41) is 0. The molecule has 3 nitrogen and oxygen atoms in total. The molecule has 0 amide bonds. The molecule has 0 spiro atoms. The van der Waals surface area contributed by atoms with Crippen molar-refractivity contribution in [1.82, 2.24) is 14.4 Å². The summed E-state index contributed by atoms with van der Waals surface area (Å²) in [6, 6.07) is 8.09. The summed E-state index contributed by atoms with van der Waals surface area (Å²) in [6.45, 7) is 0. The molecule has 0 aliphatic rings. The lowest BCUT2D eigenvalue weighted by Crippen LogP contribution is -1.84. The van der Waals surface area contributed by atoms with E-state index in [9.17, 15) is 0 Å². The van der Waals surface area contributed by atoms with E-state index in [4.69, 9.17) is 0 Å². The normalized spacial score (nSPS) is 10.7. The van der Waals surface area contributed by atoms with Gasteiger partial charge in [0.05, 0.1) is 0 Å². The standard InChI is InChI=1S/C12H9N3/c1-2-11(9-13-4-1)10-3-6-15-7-5-14-12(15)8-10/h1-9H. The van der Waals surface area contributed by atoms with Gasteiger partial charge in [-0.25, -0.2) is 4.98 Å². The second kappa shape index (κ2) is 3.20. The van der Waals surface area contributed by atoms with Gasteiger partial charge >= 0.3 is 0 Å². The van der Waals surface area contributed by atoms with Crippen molar-refractivity contribution in [2.24, 2.45) is 0 Å². The molecule has 3 heteroatoms. The van der Waals surface area contributed by atoms with Crippen LogP contribution in [0.25, 0.3) is 16.8 Å². The van der Waals surface area contributed by atoms with E-state index in [-0.39, 0.29) is 0 Å². The Morgan fingerprint density at radius 2 is 2.00 bits per heavy atom. The summed E-state index contributed by atoms with van der Waals surface area (Å²) < 4.78 is 1.99. The number of pyridine rings is 2. The lowest BCUT2D eigenvalue weighted by Gasteiger charge is -2.00. The zero-order chi connectivity index (χ0) is 10.1. The Bertz CT molecular complexity index is 584. The molecule has 0 aromatic carbocycles. The number of rotatable bonds is 1. The molecular weight excluding hydrogens is 186 g/mol. The van der Waals surface area contributed by atoms with Crippen molar-refractivity contribution in [1.29, 1.82) is 0 Å². The molecule has 0 fully saturated rings. The molecule has 3 aromatic heterocycles. The maximum Gasteiger partial charge on any atom is 0.137 e. The minimum absolute atomic E-state index is 0.955. The highest BCUT2D eigenvalue weighted by molar-refractivity contribution is 5.66. The van der Waals surface area contributed by atoms with Gasteiger partial charge in [0, 0.05) is 36.5 Å². The van der Waals surface area contributed by atoms with Gasteiger partial charge in [-0.1, -0.05) is 6.07 Å². The first-order chi connectivity index (χ1) is 7.43. The highest BCUT2D eigenvalue weighted by atomic mass is 15.0. The molecule has 72 valence electrons. The second-order valence-corrected chi connectivity index (χ2v) is 3.35. The largest absolute Gasteiger partial charge is 0.307 e. The Labute approximate surface area is 87.0 Å². The number of imidazole rings is 1. The van der Waals surface area contributed by atoms with E-state index < -0.39 is 0 Å². The molecule has 0 radical (unpaired) electrons. The van der Waals surface area contributed by atoms with Gasteiger partial charge in [0.1, 0.15) is 5.65 Å². The van der Waals surface area contributed by atoms with Crippen molar-refractivity contribution < 1.29 is 0 Å². The predicted octanol–water partition coefficient (Wildman–Crippen LogP) is 2.40. The molecule has 0 aliphatic heterocycles. The molecular formula is C12H9N3. The fourth-order valence-electron chi connectivity index (χ4n) is 1.62. The van der Waals surface area contributed by atoms with Crippen LogP contribution in [0.4, 0.5) is 0 Å². The second-order valence-electron chi connectivity index (χ2n) is 3.35. The maximum atomic E-state index is 4.25. The minimum atomic E-state index is 0.955. The predicted molar refractivity (Wildman–Crippen MR) is 58.4 cm³/mol. The topological polar surface area (TPSA) is 30.2 Å². The van der Waals surface area contributed by atoms with Crippen molar-refractivity contribution in [2.45, 2.75) is 0 Å². The first kappa shape index (κ1) is 8.17. The summed E-state index contributed by atoms with van der Waals surface area (Å²) in [5.74, 6) is 0. The van der Waals surface area contributed by atoms with Gasteiger partial charge < -0.3 is 4.40 Å². The van der Waals surface area contributed by atoms with Gasteiger partial charge in [-0.2, -0.15) is 0 Å². The lowest BCUT2D eigenvalue weighted by atomic mass is 10.1. The first-order valence-corrected chi connectivity index (χ1v) is 4.76. The highest BCUT2D eigenvalue weighted by Crippen LogP contribution is 2.18. The summed E-state index contributed by atoms with van der Waals surface area (Å²) >= 11 is 0. The summed E-state index contributed by atoms with van der Waals surface area (Å²) in [6.07, 6.45) is 9.36. The quantitative estimate of drug-likeness (QED) is 0.596. The number of aromatic nitrogens is 3. The first-order valence-electron chi connectivity index (χ1n) is 4.76. The average molecular weight is 195 g/mol. The Kier molecular flexibility index (Phi) is 1.75. The molecule has 3 rings (SSSR count). The average Bonchev–Trinajstić information content (AvgIpc) is 2.77. The van der Waals surface area contributed by atoms with Gasteiger partial charge in [0.15, 0.2) is 0 Å². The van der Waals surface area contributed by atoms with Crippen molar-refractivity contribution >= 4 is 5.65 Å². The Balaban J connectivity index is 2.19. The van der Waals surface area contributed by atoms with Crippen molar-refractivity contribution in [2.75, 3.05) is 0 Å². The molecule has 3 aromatic rings. The Morgan fingerprint density at radius 1 is 1.00 bits per heavy atom. The number of fused-ring (bicyclic) bond motifs is 1. The van der Waals surface area contributed by atoms with Crippen LogP contribution in [0.5, 0.6) is 0 Å². The SMILES string of the molecule is c1cncc(-c2ccn3ccnc3c2)c1. The van der Waals surface area contributed by atoms with E-state index in [1.54, 1.807) is 12.4 Å². The smallest absolute Gasteiger partial charge is 0.137 e. The molecule has 15 heavy (non-hydrogen) atoms. The molecule has 0 N–H and O–H groups in total. The lowest BCUT2D eigenvalue weighted by molar-refractivity contribution is 1.19. The third-order valence-electron chi connectivity index (χ3n) is 2.39. The molecule has 3 heterocycles. The van der Waals surface area contributed by atoms with Crippen LogP contribution in [-0.2, 0) is 0 Å². The van der Waals surface area contributed by atoms with E-state index in [2.05, 4.69) is 22.1 Å². The highest BCUT2D eigenvalue weighted by Gasteiger charge is 1.99. The zero-order valence-electron chi connectivity index (χ0n) is 8.04. The van der Waals surface area contributed by atoms with Gasteiger partial charge in [0.2, 0.25) is 0 Å². The molecule has 0 atom stereocenters. The zero-order valence-corrected chi connectivity index (χ0v) is 8.04. The number of hydrogen-bond acceptors (Lipinski definition) is 2. The fraction of sp³-hybridized carbons (Fsp3) is 0. The van der Waals surface area contributed by atoms with Crippen LogP contribution in [-0.4, -0.2) is 14.4 Å². The Hall–Kier alpha value is -2.16. The van der Waals surface area contributed by atoms with E-state index in [0.29, 0.717) is 0 Å². The maximum absolute atomic E-state index is 4.25. The van der Waals surface area contributed by atoms with Crippen LogP contribution in [0.2, 0.25) is 0 Å². The fourth-order valence-corrected chi connectivity index (χ4v) is 1.62. The number of hydrogen-bond donors (Lipinski definition) is 0. The summed E-state index contributed by atoms with van der Waals surface area (Å²) in [5.41, 5.74) is 3.21.